The zero-order chi connectivity index (χ0) is 18.5. The van der Waals surface area contributed by atoms with Gasteiger partial charge in [-0.05, 0) is 31.5 Å². The van der Waals surface area contributed by atoms with Crippen molar-refractivity contribution in [3.63, 3.8) is 0 Å². The molecular formula is C20H20N4O2. The number of hydrogen-bond donors (Lipinski definition) is 2. The maximum Gasteiger partial charge on any atom is 0.251 e. The van der Waals surface area contributed by atoms with E-state index in [1.807, 2.05) is 44.2 Å². The van der Waals surface area contributed by atoms with E-state index in [4.69, 9.17) is 0 Å². The number of carbonyl (C=O) groups excluding carboxylic acids is 1. The third kappa shape index (κ3) is 4.42. The van der Waals surface area contributed by atoms with Crippen LogP contribution < -0.4 is 10.9 Å². The van der Waals surface area contributed by atoms with Crippen LogP contribution in [-0.4, -0.2) is 20.9 Å². The summed E-state index contributed by atoms with van der Waals surface area (Å²) < 4.78 is 0. The SMILES string of the molecule is Cc1cccc(CC(=O)N[C@H](C)c2cc(=O)[nH]c(-c3cccnc3)n2)c1. The van der Waals surface area contributed by atoms with Crippen LogP contribution in [-0.2, 0) is 11.2 Å². The fraction of sp³-hybridized carbons (Fsp3) is 0.200. The van der Waals surface area contributed by atoms with Crippen LogP contribution in [0.25, 0.3) is 11.4 Å². The molecule has 0 aliphatic heterocycles. The minimum Gasteiger partial charge on any atom is -0.348 e. The largest absolute Gasteiger partial charge is 0.348 e. The number of aryl methyl sites for hydroxylation is 1. The van der Waals surface area contributed by atoms with Crippen LogP contribution in [0.15, 0.2) is 59.7 Å². The van der Waals surface area contributed by atoms with E-state index >= 15 is 0 Å². The Morgan fingerprint density at radius 1 is 1.23 bits per heavy atom. The second-order valence-electron chi connectivity index (χ2n) is 6.22. The van der Waals surface area contributed by atoms with Gasteiger partial charge in [0, 0.05) is 24.0 Å². The zero-order valence-corrected chi connectivity index (χ0v) is 14.7. The molecule has 132 valence electrons. The van der Waals surface area contributed by atoms with E-state index in [0.29, 0.717) is 17.1 Å². The first-order valence-electron chi connectivity index (χ1n) is 8.38. The molecule has 2 N–H and O–H groups in total. The van der Waals surface area contributed by atoms with Gasteiger partial charge in [-0.25, -0.2) is 4.98 Å². The van der Waals surface area contributed by atoms with Crippen LogP contribution in [0.2, 0.25) is 0 Å². The van der Waals surface area contributed by atoms with E-state index in [-0.39, 0.29) is 23.9 Å². The second kappa shape index (κ2) is 7.74. The summed E-state index contributed by atoms with van der Waals surface area (Å²) in [6.07, 6.45) is 3.56. The third-order valence-electron chi connectivity index (χ3n) is 3.96. The number of benzene rings is 1. The van der Waals surface area contributed by atoms with Crippen molar-refractivity contribution in [1.29, 1.82) is 0 Å². The topological polar surface area (TPSA) is 87.7 Å². The number of aromatic amines is 1. The number of carbonyl (C=O) groups is 1. The lowest BCUT2D eigenvalue weighted by Crippen LogP contribution is -2.29. The lowest BCUT2D eigenvalue weighted by molar-refractivity contribution is -0.121. The fourth-order valence-corrected chi connectivity index (χ4v) is 2.71. The molecule has 1 amide bonds. The van der Waals surface area contributed by atoms with Crippen LogP contribution in [0, 0.1) is 6.92 Å². The Bertz CT molecular complexity index is 967. The van der Waals surface area contributed by atoms with Crippen molar-refractivity contribution in [3.8, 4) is 11.4 Å². The summed E-state index contributed by atoms with van der Waals surface area (Å²) in [5, 5.41) is 2.90. The van der Waals surface area contributed by atoms with Gasteiger partial charge >= 0.3 is 0 Å². The summed E-state index contributed by atoms with van der Waals surface area (Å²) in [5.41, 5.74) is 3.01. The fourth-order valence-electron chi connectivity index (χ4n) is 2.71. The number of nitrogens with one attached hydrogen (secondary N) is 2. The first-order chi connectivity index (χ1) is 12.5. The van der Waals surface area contributed by atoms with Gasteiger partial charge in [0.25, 0.3) is 5.56 Å². The highest BCUT2D eigenvalue weighted by Crippen LogP contribution is 2.15. The number of pyridine rings is 1. The van der Waals surface area contributed by atoms with Gasteiger partial charge in [0.1, 0.15) is 5.82 Å². The van der Waals surface area contributed by atoms with Gasteiger partial charge in [0.05, 0.1) is 18.2 Å². The summed E-state index contributed by atoms with van der Waals surface area (Å²) >= 11 is 0. The lowest BCUT2D eigenvalue weighted by Gasteiger charge is -2.14. The van der Waals surface area contributed by atoms with Crippen molar-refractivity contribution in [2.45, 2.75) is 26.3 Å². The van der Waals surface area contributed by atoms with E-state index in [0.717, 1.165) is 11.1 Å². The molecule has 0 bridgehead atoms. The molecule has 0 spiro atoms. The number of H-pyrrole nitrogens is 1. The monoisotopic (exact) mass is 348 g/mol. The standard InChI is InChI=1S/C20H20N4O2/c1-13-5-3-6-15(9-13)10-18(25)22-14(2)17-11-19(26)24-20(23-17)16-7-4-8-21-12-16/h3-9,11-12,14H,10H2,1-2H3,(H,22,25)(H,23,24,26)/t14-/m1/s1. The van der Waals surface area contributed by atoms with Crippen LogP contribution in [0.5, 0.6) is 0 Å². The zero-order valence-electron chi connectivity index (χ0n) is 14.7. The van der Waals surface area contributed by atoms with Gasteiger partial charge in [-0.15, -0.1) is 0 Å². The number of aromatic nitrogens is 3. The van der Waals surface area contributed by atoms with Crippen molar-refractivity contribution in [2.75, 3.05) is 0 Å². The molecule has 0 unspecified atom stereocenters. The predicted molar refractivity (Wildman–Crippen MR) is 99.5 cm³/mol. The van der Waals surface area contributed by atoms with Gasteiger partial charge in [-0.1, -0.05) is 29.8 Å². The summed E-state index contributed by atoms with van der Waals surface area (Å²) in [6.45, 7) is 3.80. The van der Waals surface area contributed by atoms with Crippen LogP contribution in [0.3, 0.4) is 0 Å². The van der Waals surface area contributed by atoms with Crippen molar-refractivity contribution >= 4 is 5.91 Å². The maximum atomic E-state index is 12.3. The highest BCUT2D eigenvalue weighted by molar-refractivity contribution is 5.79. The lowest BCUT2D eigenvalue weighted by atomic mass is 10.1. The molecular weight excluding hydrogens is 328 g/mol. The number of nitrogens with zero attached hydrogens (tertiary/aromatic N) is 2. The molecule has 3 rings (SSSR count). The van der Waals surface area contributed by atoms with Gasteiger partial charge in [0.15, 0.2) is 0 Å². The highest BCUT2D eigenvalue weighted by Gasteiger charge is 2.14. The summed E-state index contributed by atoms with van der Waals surface area (Å²) in [6, 6.07) is 12.4. The molecule has 6 nitrogen and oxygen atoms in total. The molecule has 3 aromatic rings. The van der Waals surface area contributed by atoms with E-state index in [1.165, 1.54) is 6.07 Å². The quantitative estimate of drug-likeness (QED) is 0.742. The minimum absolute atomic E-state index is 0.117. The summed E-state index contributed by atoms with van der Waals surface area (Å²) in [5.74, 6) is 0.313. The van der Waals surface area contributed by atoms with Crippen molar-refractivity contribution in [3.05, 3.63) is 82.0 Å². The molecule has 0 saturated carbocycles. The van der Waals surface area contributed by atoms with Crippen LogP contribution in [0.4, 0.5) is 0 Å². The molecule has 1 aromatic carbocycles. The molecule has 0 radical (unpaired) electrons. The number of rotatable bonds is 5. The Labute approximate surface area is 151 Å². The minimum atomic E-state index is -0.384. The normalized spacial score (nSPS) is 11.8. The van der Waals surface area contributed by atoms with Crippen LogP contribution in [0.1, 0.15) is 29.8 Å². The molecule has 1 atom stereocenters. The number of hydrogen-bond acceptors (Lipinski definition) is 4. The molecule has 0 aliphatic carbocycles. The predicted octanol–water partition coefficient (Wildman–Crippen LogP) is 2.56. The van der Waals surface area contributed by atoms with Gasteiger partial charge in [0.2, 0.25) is 5.91 Å². The first-order valence-corrected chi connectivity index (χ1v) is 8.38. The van der Waals surface area contributed by atoms with E-state index in [2.05, 4.69) is 20.3 Å². The second-order valence-corrected chi connectivity index (χ2v) is 6.22. The Kier molecular flexibility index (Phi) is 5.22. The molecule has 0 aliphatic rings. The Morgan fingerprint density at radius 3 is 2.81 bits per heavy atom. The Morgan fingerprint density at radius 2 is 2.08 bits per heavy atom. The van der Waals surface area contributed by atoms with Crippen molar-refractivity contribution < 1.29 is 4.79 Å². The van der Waals surface area contributed by atoms with E-state index < -0.39 is 0 Å². The average Bonchev–Trinajstić information content (AvgIpc) is 2.62. The third-order valence-corrected chi connectivity index (χ3v) is 3.96. The Hall–Kier alpha value is -3.28. The van der Waals surface area contributed by atoms with Crippen LogP contribution >= 0.6 is 0 Å². The Balaban J connectivity index is 1.75. The van der Waals surface area contributed by atoms with Crippen molar-refractivity contribution in [1.82, 2.24) is 20.3 Å². The summed E-state index contributed by atoms with van der Waals surface area (Å²) in [7, 11) is 0. The smallest absolute Gasteiger partial charge is 0.251 e. The molecule has 0 saturated heterocycles. The van der Waals surface area contributed by atoms with E-state index in [9.17, 15) is 9.59 Å². The summed E-state index contributed by atoms with van der Waals surface area (Å²) in [4.78, 5) is 35.5. The van der Waals surface area contributed by atoms with Gasteiger partial charge < -0.3 is 10.3 Å². The molecule has 0 fully saturated rings. The highest BCUT2D eigenvalue weighted by atomic mass is 16.1. The molecule has 2 aromatic heterocycles. The van der Waals surface area contributed by atoms with Crippen molar-refractivity contribution in [2.24, 2.45) is 0 Å². The number of amides is 1. The average molecular weight is 348 g/mol. The van der Waals surface area contributed by atoms with E-state index in [1.54, 1.807) is 18.5 Å². The molecule has 26 heavy (non-hydrogen) atoms. The molecule has 2 heterocycles. The van der Waals surface area contributed by atoms with Gasteiger partial charge in [-0.3, -0.25) is 14.6 Å². The maximum absolute atomic E-state index is 12.3. The first kappa shape index (κ1) is 17.5. The van der Waals surface area contributed by atoms with Gasteiger partial charge in [-0.2, -0.15) is 0 Å². The molecule has 6 heteroatoms.